The van der Waals surface area contributed by atoms with Crippen molar-refractivity contribution in [3.8, 4) is 0 Å². The molecule has 0 bridgehead atoms. The smallest absolute Gasteiger partial charge is 0.307 e. The Morgan fingerprint density at radius 2 is 2.06 bits per heavy atom. The Bertz CT molecular complexity index is 284. The molecule has 0 aromatic rings. The van der Waals surface area contributed by atoms with Gasteiger partial charge in [0.2, 0.25) is 0 Å². The molecule has 0 aliphatic rings. The van der Waals surface area contributed by atoms with Crippen LogP contribution in [0.3, 0.4) is 0 Å². The average Bonchev–Trinajstić information content (AvgIpc) is 2.26. The molecule has 0 aromatic heterocycles. The van der Waals surface area contributed by atoms with E-state index < -0.39 is 6.10 Å². The van der Waals surface area contributed by atoms with Gasteiger partial charge in [-0.25, -0.2) is 0 Å². The summed E-state index contributed by atoms with van der Waals surface area (Å²) in [7, 11) is 0. The van der Waals surface area contributed by atoms with Gasteiger partial charge in [0.15, 0.2) is 11.9 Å². The van der Waals surface area contributed by atoms with Crippen molar-refractivity contribution in [1.29, 1.82) is 0 Å². The zero-order valence-electron chi connectivity index (χ0n) is 10.8. The van der Waals surface area contributed by atoms with Gasteiger partial charge in [-0.3, -0.25) is 9.59 Å². The van der Waals surface area contributed by atoms with Gasteiger partial charge in [-0.2, -0.15) is 0 Å². The van der Waals surface area contributed by atoms with Crippen LogP contribution in [-0.2, 0) is 14.3 Å². The van der Waals surface area contributed by atoms with E-state index in [2.05, 4.69) is 6.58 Å². The van der Waals surface area contributed by atoms with Crippen LogP contribution >= 0.6 is 22.6 Å². The van der Waals surface area contributed by atoms with Gasteiger partial charge in [0.25, 0.3) is 0 Å². The number of carbonyl (C=O) groups excluding carboxylic acids is 2. The van der Waals surface area contributed by atoms with Gasteiger partial charge < -0.3 is 4.74 Å². The molecule has 1 atom stereocenters. The second-order valence-electron chi connectivity index (χ2n) is 4.74. The van der Waals surface area contributed by atoms with E-state index in [1.807, 2.05) is 43.4 Å². The minimum absolute atomic E-state index is 0.0165. The molecule has 0 aliphatic heterocycles. The molecular formula is C13H21IO3. The molecule has 0 spiro atoms. The summed E-state index contributed by atoms with van der Waals surface area (Å²) in [5, 5.41) is 0. The molecule has 0 fully saturated rings. The van der Waals surface area contributed by atoms with Crippen molar-refractivity contribution in [2.24, 2.45) is 5.41 Å². The van der Waals surface area contributed by atoms with Crippen LogP contribution in [-0.4, -0.2) is 22.3 Å². The largest absolute Gasteiger partial charge is 0.454 e. The van der Waals surface area contributed by atoms with Crippen LogP contribution in [0.5, 0.6) is 0 Å². The van der Waals surface area contributed by atoms with E-state index >= 15 is 0 Å². The molecule has 98 valence electrons. The molecule has 0 N–H and O–H groups in total. The van der Waals surface area contributed by atoms with Gasteiger partial charge >= 0.3 is 5.97 Å². The van der Waals surface area contributed by atoms with Crippen molar-refractivity contribution < 1.29 is 14.3 Å². The molecule has 3 nitrogen and oxygen atoms in total. The molecule has 0 rings (SSSR count). The van der Waals surface area contributed by atoms with E-state index in [1.165, 1.54) is 0 Å². The topological polar surface area (TPSA) is 43.4 Å². The summed E-state index contributed by atoms with van der Waals surface area (Å²) in [6.45, 7) is 9.47. The molecular weight excluding hydrogens is 331 g/mol. The lowest BCUT2D eigenvalue weighted by molar-refractivity contribution is -0.156. The van der Waals surface area contributed by atoms with Gasteiger partial charge in [0.1, 0.15) is 0 Å². The van der Waals surface area contributed by atoms with Crippen molar-refractivity contribution in [2.45, 2.75) is 46.1 Å². The van der Waals surface area contributed by atoms with Crippen LogP contribution in [0, 0.1) is 5.41 Å². The van der Waals surface area contributed by atoms with E-state index in [9.17, 15) is 9.59 Å². The highest BCUT2D eigenvalue weighted by molar-refractivity contribution is 14.1. The SMILES string of the molecule is C=CC(C)(C)CC(=O)OC(CCC)C(=O)CI. The molecule has 0 aliphatic carbocycles. The predicted molar refractivity (Wildman–Crippen MR) is 77.3 cm³/mol. The van der Waals surface area contributed by atoms with Gasteiger partial charge in [0.05, 0.1) is 10.8 Å². The molecule has 17 heavy (non-hydrogen) atoms. The summed E-state index contributed by atoms with van der Waals surface area (Å²) in [6, 6.07) is 0. The van der Waals surface area contributed by atoms with Gasteiger partial charge in [-0.1, -0.05) is 55.9 Å². The first kappa shape index (κ1) is 16.6. The van der Waals surface area contributed by atoms with Gasteiger partial charge in [-0.15, -0.1) is 6.58 Å². The summed E-state index contributed by atoms with van der Waals surface area (Å²) >= 11 is 1.99. The maximum atomic E-state index is 11.7. The molecule has 1 unspecified atom stereocenters. The summed E-state index contributed by atoms with van der Waals surface area (Å²) in [5.74, 6) is -0.344. The number of hydrogen-bond donors (Lipinski definition) is 0. The van der Waals surface area contributed by atoms with E-state index in [0.29, 0.717) is 10.8 Å². The lowest BCUT2D eigenvalue weighted by atomic mass is 9.90. The zero-order chi connectivity index (χ0) is 13.5. The first-order valence-electron chi connectivity index (χ1n) is 5.78. The minimum Gasteiger partial charge on any atom is -0.454 e. The number of carbonyl (C=O) groups is 2. The Hall–Kier alpha value is -0.390. The fourth-order valence-corrected chi connectivity index (χ4v) is 1.77. The summed E-state index contributed by atoms with van der Waals surface area (Å²) < 4.78 is 5.62. The van der Waals surface area contributed by atoms with Crippen molar-refractivity contribution in [3.63, 3.8) is 0 Å². The maximum absolute atomic E-state index is 11.7. The van der Waals surface area contributed by atoms with Crippen LogP contribution in [0.1, 0.15) is 40.0 Å². The number of halogens is 1. The second kappa shape index (κ2) is 7.84. The van der Waals surface area contributed by atoms with Crippen molar-refractivity contribution in [2.75, 3.05) is 4.43 Å². The third-order valence-corrected chi connectivity index (χ3v) is 3.22. The van der Waals surface area contributed by atoms with Crippen LogP contribution < -0.4 is 0 Å². The van der Waals surface area contributed by atoms with E-state index in [1.54, 1.807) is 6.08 Å². The Morgan fingerprint density at radius 3 is 2.47 bits per heavy atom. The quantitative estimate of drug-likeness (QED) is 0.291. The lowest BCUT2D eigenvalue weighted by Gasteiger charge is -2.21. The Balaban J connectivity index is 4.41. The normalized spacial score (nSPS) is 12.9. The highest BCUT2D eigenvalue weighted by Crippen LogP contribution is 2.22. The van der Waals surface area contributed by atoms with Crippen molar-refractivity contribution in [1.82, 2.24) is 0 Å². The van der Waals surface area contributed by atoms with Crippen LogP contribution in [0.25, 0.3) is 0 Å². The molecule has 0 aromatic carbocycles. The molecule has 0 saturated carbocycles. The monoisotopic (exact) mass is 352 g/mol. The summed E-state index contributed by atoms with van der Waals surface area (Å²) in [6.07, 6.45) is 2.83. The van der Waals surface area contributed by atoms with Crippen molar-refractivity contribution >= 4 is 34.3 Å². The fraction of sp³-hybridized carbons (Fsp3) is 0.692. The van der Waals surface area contributed by atoms with E-state index in [-0.39, 0.29) is 23.6 Å². The number of hydrogen-bond acceptors (Lipinski definition) is 3. The summed E-state index contributed by atoms with van der Waals surface area (Å²) in [4.78, 5) is 23.3. The molecule has 4 heteroatoms. The highest BCUT2D eigenvalue weighted by Gasteiger charge is 2.24. The first-order valence-corrected chi connectivity index (χ1v) is 7.30. The first-order chi connectivity index (χ1) is 7.86. The molecule has 0 radical (unpaired) electrons. The molecule has 0 saturated heterocycles. The Labute approximate surface area is 117 Å². The zero-order valence-corrected chi connectivity index (χ0v) is 13.0. The third-order valence-electron chi connectivity index (χ3n) is 2.47. The van der Waals surface area contributed by atoms with E-state index in [4.69, 9.17) is 4.74 Å². The van der Waals surface area contributed by atoms with Crippen LogP contribution in [0.4, 0.5) is 0 Å². The number of rotatable bonds is 8. The van der Waals surface area contributed by atoms with Crippen LogP contribution in [0.2, 0.25) is 0 Å². The summed E-state index contributed by atoms with van der Waals surface area (Å²) in [5.41, 5.74) is -0.290. The highest BCUT2D eigenvalue weighted by atomic mass is 127. The Morgan fingerprint density at radius 1 is 1.47 bits per heavy atom. The van der Waals surface area contributed by atoms with Crippen molar-refractivity contribution in [3.05, 3.63) is 12.7 Å². The van der Waals surface area contributed by atoms with Crippen LogP contribution in [0.15, 0.2) is 12.7 Å². The number of esters is 1. The Kier molecular flexibility index (Phi) is 7.66. The maximum Gasteiger partial charge on any atom is 0.307 e. The number of Topliss-reactive ketones (excluding diaryl/α,β-unsaturated/α-hetero) is 1. The fourth-order valence-electron chi connectivity index (χ4n) is 1.28. The van der Waals surface area contributed by atoms with E-state index in [0.717, 1.165) is 6.42 Å². The number of alkyl halides is 1. The number of ether oxygens (including phenoxy) is 1. The minimum atomic E-state index is -0.579. The standard InChI is InChI=1S/C13H21IO3/c1-5-7-11(10(15)9-14)17-12(16)8-13(3,4)6-2/h6,11H,2,5,7-9H2,1,3-4H3. The predicted octanol–water partition coefficient (Wildman–Crippen LogP) is 3.30. The average molecular weight is 352 g/mol. The molecule has 0 amide bonds. The van der Waals surface area contributed by atoms with Gasteiger partial charge in [-0.05, 0) is 11.8 Å². The molecule has 0 heterocycles. The third kappa shape index (κ3) is 6.81. The second-order valence-corrected chi connectivity index (χ2v) is 5.50. The number of allylic oxidation sites excluding steroid dienone is 1. The van der Waals surface area contributed by atoms with Gasteiger partial charge in [0, 0.05) is 0 Å². The number of ketones is 1. The lowest BCUT2D eigenvalue weighted by Crippen LogP contribution is -2.29.